The summed E-state index contributed by atoms with van der Waals surface area (Å²) in [6.07, 6.45) is 0.456. The molecule has 0 atom stereocenters. The van der Waals surface area contributed by atoms with Gasteiger partial charge in [-0.25, -0.2) is 0 Å². The molecule has 2 N–H and O–H groups in total. The largest absolute Gasteiger partial charge is 0.496 e. The van der Waals surface area contributed by atoms with Gasteiger partial charge < -0.3 is 19.7 Å². The Morgan fingerprint density at radius 3 is 2.83 bits per heavy atom. The Morgan fingerprint density at radius 1 is 1.30 bits per heavy atom. The zero-order valence-corrected chi connectivity index (χ0v) is 12.7. The molecule has 1 aromatic heterocycles. The molecule has 0 aliphatic carbocycles. The van der Waals surface area contributed by atoms with Gasteiger partial charge in [0.05, 0.1) is 13.7 Å². The average Bonchev–Trinajstić information content (AvgIpc) is 3.01. The van der Waals surface area contributed by atoms with E-state index in [9.17, 15) is 9.59 Å². The smallest absolute Gasteiger partial charge is 0.303 e. The predicted octanol–water partition coefficient (Wildman–Crippen LogP) is 2.22. The molecule has 0 saturated heterocycles. The monoisotopic (exact) mass is 318 g/mol. The first-order valence-corrected chi connectivity index (χ1v) is 7.17. The van der Waals surface area contributed by atoms with Crippen molar-refractivity contribution in [2.24, 2.45) is 0 Å². The Bertz CT molecular complexity index is 681. The second kappa shape index (κ2) is 7.98. The van der Waals surface area contributed by atoms with Gasteiger partial charge in [0.15, 0.2) is 5.76 Å². The lowest BCUT2D eigenvalue weighted by atomic mass is 10.1. The Labute approximate surface area is 133 Å². The Balaban J connectivity index is 1.90. The van der Waals surface area contributed by atoms with Crippen LogP contribution in [0.3, 0.4) is 0 Å². The molecule has 2 rings (SSSR count). The molecule has 1 aromatic carbocycles. The van der Waals surface area contributed by atoms with Gasteiger partial charge in [0.25, 0.3) is 0 Å². The number of para-hydroxylation sites is 1. The van der Waals surface area contributed by atoms with Crippen LogP contribution in [0.15, 0.2) is 34.9 Å². The van der Waals surface area contributed by atoms with Crippen molar-refractivity contribution in [2.75, 3.05) is 7.11 Å². The van der Waals surface area contributed by atoms with Gasteiger partial charge in [0.1, 0.15) is 11.4 Å². The molecule has 0 bridgehead atoms. The molecule has 7 nitrogen and oxygen atoms in total. The van der Waals surface area contributed by atoms with E-state index in [1.807, 2.05) is 24.3 Å². The molecule has 2 aromatic rings. The fraction of sp³-hybridized carbons (Fsp3) is 0.312. The Hall–Kier alpha value is -2.83. The number of methoxy groups -OCH3 is 1. The zero-order chi connectivity index (χ0) is 16.7. The summed E-state index contributed by atoms with van der Waals surface area (Å²) in [5.74, 6) is 0.0681. The third-order valence-electron chi connectivity index (χ3n) is 3.20. The van der Waals surface area contributed by atoms with Crippen molar-refractivity contribution in [2.45, 2.75) is 25.8 Å². The van der Waals surface area contributed by atoms with Crippen LogP contribution >= 0.6 is 0 Å². The summed E-state index contributed by atoms with van der Waals surface area (Å²) in [5, 5.41) is 15.2. The van der Waals surface area contributed by atoms with Crippen LogP contribution in [-0.2, 0) is 16.1 Å². The quantitative estimate of drug-likeness (QED) is 0.774. The zero-order valence-electron chi connectivity index (χ0n) is 12.7. The molecule has 122 valence electrons. The molecule has 0 spiro atoms. The second-order valence-corrected chi connectivity index (χ2v) is 4.90. The van der Waals surface area contributed by atoms with Crippen molar-refractivity contribution < 1.29 is 24.0 Å². The first-order chi connectivity index (χ1) is 11.1. The maximum atomic E-state index is 11.6. The number of ether oxygens (including phenoxy) is 1. The van der Waals surface area contributed by atoms with Crippen molar-refractivity contribution in [3.05, 3.63) is 36.1 Å². The number of nitrogens with one attached hydrogen (secondary N) is 1. The molecule has 0 saturated carbocycles. The molecule has 0 radical (unpaired) electrons. The fourth-order valence-electron chi connectivity index (χ4n) is 2.05. The second-order valence-electron chi connectivity index (χ2n) is 4.90. The van der Waals surface area contributed by atoms with E-state index in [2.05, 4.69) is 10.5 Å². The average molecular weight is 318 g/mol. The third-order valence-corrected chi connectivity index (χ3v) is 3.20. The summed E-state index contributed by atoms with van der Waals surface area (Å²) in [6, 6.07) is 9.16. The van der Waals surface area contributed by atoms with Crippen LogP contribution in [0.2, 0.25) is 0 Å². The number of carboxylic acid groups (broad SMARTS) is 1. The first kappa shape index (κ1) is 16.5. The molecule has 0 unspecified atom stereocenters. The first-order valence-electron chi connectivity index (χ1n) is 7.17. The highest BCUT2D eigenvalue weighted by Gasteiger charge is 2.11. The fourth-order valence-corrected chi connectivity index (χ4v) is 2.05. The number of benzene rings is 1. The number of nitrogens with zero attached hydrogens (tertiary/aromatic N) is 1. The van der Waals surface area contributed by atoms with Gasteiger partial charge in [-0.05, 0) is 18.6 Å². The minimum atomic E-state index is -0.908. The summed E-state index contributed by atoms with van der Waals surface area (Å²) in [6.45, 7) is 0.202. The minimum Gasteiger partial charge on any atom is -0.496 e. The maximum absolute atomic E-state index is 11.6. The topological polar surface area (TPSA) is 102 Å². The van der Waals surface area contributed by atoms with Crippen LogP contribution in [0, 0.1) is 0 Å². The van der Waals surface area contributed by atoms with Crippen molar-refractivity contribution in [1.29, 1.82) is 0 Å². The van der Waals surface area contributed by atoms with Crippen LogP contribution in [0.4, 0.5) is 0 Å². The molecular weight excluding hydrogens is 300 g/mol. The third kappa shape index (κ3) is 4.84. The lowest BCUT2D eigenvalue weighted by Gasteiger charge is -2.04. The number of aromatic nitrogens is 1. The van der Waals surface area contributed by atoms with E-state index in [-0.39, 0.29) is 25.3 Å². The van der Waals surface area contributed by atoms with Gasteiger partial charge in [0, 0.05) is 24.5 Å². The summed E-state index contributed by atoms with van der Waals surface area (Å²) >= 11 is 0. The number of hydrogen-bond acceptors (Lipinski definition) is 5. The number of carboxylic acids is 1. The number of carbonyl (C=O) groups excluding carboxylic acids is 1. The number of hydrogen-bond donors (Lipinski definition) is 2. The molecule has 1 heterocycles. The molecule has 0 aliphatic rings. The normalized spacial score (nSPS) is 10.3. The molecule has 23 heavy (non-hydrogen) atoms. The van der Waals surface area contributed by atoms with Gasteiger partial charge in [-0.2, -0.15) is 0 Å². The number of carbonyl (C=O) groups is 2. The molecule has 0 fully saturated rings. The van der Waals surface area contributed by atoms with Crippen molar-refractivity contribution >= 4 is 11.9 Å². The highest BCUT2D eigenvalue weighted by Crippen LogP contribution is 2.28. The standard InChI is InChI=1S/C16H18N2O5/c1-22-14-6-3-2-5-12(14)13-9-11(23-18-13)10-17-15(19)7-4-8-16(20)21/h2-3,5-6,9H,4,7-8,10H2,1H3,(H,17,19)(H,20,21). The van der Waals surface area contributed by atoms with Gasteiger partial charge in [-0.1, -0.05) is 17.3 Å². The van der Waals surface area contributed by atoms with Crippen molar-refractivity contribution in [3.63, 3.8) is 0 Å². The maximum Gasteiger partial charge on any atom is 0.303 e. The van der Waals surface area contributed by atoms with E-state index in [0.717, 1.165) is 5.56 Å². The van der Waals surface area contributed by atoms with Crippen LogP contribution < -0.4 is 10.1 Å². The van der Waals surface area contributed by atoms with Crippen molar-refractivity contribution in [1.82, 2.24) is 10.5 Å². The van der Waals surface area contributed by atoms with E-state index in [1.165, 1.54) is 0 Å². The molecule has 1 amide bonds. The lowest BCUT2D eigenvalue weighted by molar-refractivity contribution is -0.137. The number of amides is 1. The Morgan fingerprint density at radius 2 is 2.09 bits per heavy atom. The van der Waals surface area contributed by atoms with E-state index < -0.39 is 5.97 Å². The van der Waals surface area contributed by atoms with E-state index in [4.69, 9.17) is 14.4 Å². The minimum absolute atomic E-state index is 0.0202. The highest BCUT2D eigenvalue weighted by atomic mass is 16.5. The molecule has 0 aliphatic heterocycles. The predicted molar refractivity (Wildman–Crippen MR) is 81.8 cm³/mol. The summed E-state index contributed by atoms with van der Waals surface area (Å²) in [5.41, 5.74) is 1.43. The summed E-state index contributed by atoms with van der Waals surface area (Å²) < 4.78 is 10.5. The van der Waals surface area contributed by atoms with Crippen molar-refractivity contribution in [3.8, 4) is 17.0 Å². The lowest BCUT2D eigenvalue weighted by Crippen LogP contribution is -2.22. The summed E-state index contributed by atoms with van der Waals surface area (Å²) in [4.78, 5) is 22.0. The van der Waals surface area contributed by atoms with Gasteiger partial charge in [-0.3, -0.25) is 9.59 Å². The van der Waals surface area contributed by atoms with Crippen LogP contribution in [0.1, 0.15) is 25.0 Å². The van der Waals surface area contributed by atoms with Crippen LogP contribution in [0.25, 0.3) is 11.3 Å². The Kier molecular flexibility index (Phi) is 5.74. The van der Waals surface area contributed by atoms with E-state index >= 15 is 0 Å². The van der Waals surface area contributed by atoms with Crippen LogP contribution in [-0.4, -0.2) is 29.2 Å². The van der Waals surface area contributed by atoms with Gasteiger partial charge in [0.2, 0.25) is 5.91 Å². The van der Waals surface area contributed by atoms with E-state index in [0.29, 0.717) is 23.6 Å². The molecule has 7 heteroatoms. The number of rotatable bonds is 8. The summed E-state index contributed by atoms with van der Waals surface area (Å²) in [7, 11) is 1.58. The van der Waals surface area contributed by atoms with Gasteiger partial charge >= 0.3 is 5.97 Å². The number of aliphatic carboxylic acids is 1. The molecular formula is C16H18N2O5. The SMILES string of the molecule is COc1ccccc1-c1cc(CNC(=O)CCCC(=O)O)on1. The highest BCUT2D eigenvalue weighted by molar-refractivity contribution is 5.76. The van der Waals surface area contributed by atoms with E-state index in [1.54, 1.807) is 13.2 Å². The van der Waals surface area contributed by atoms with Gasteiger partial charge in [-0.15, -0.1) is 0 Å². The van der Waals surface area contributed by atoms with Crippen LogP contribution in [0.5, 0.6) is 5.75 Å².